The second-order valence-electron chi connectivity index (χ2n) is 28.8. The summed E-state index contributed by atoms with van der Waals surface area (Å²) in [5.41, 5.74) is 29.1. The molecular weight excluding hydrogens is 1040 g/mol. The van der Waals surface area contributed by atoms with E-state index in [9.17, 15) is 0 Å². The van der Waals surface area contributed by atoms with Crippen molar-refractivity contribution >= 4 is 79.7 Å². The predicted molar refractivity (Wildman–Crippen MR) is 354 cm³/mol. The highest BCUT2D eigenvalue weighted by atomic mass is 32.1. The summed E-state index contributed by atoms with van der Waals surface area (Å²) in [7, 11) is 0. The first-order valence-electron chi connectivity index (χ1n) is 30.2. The molecule has 11 aromatic rings. The van der Waals surface area contributed by atoms with E-state index in [0.29, 0.717) is 0 Å². The van der Waals surface area contributed by atoms with Crippen LogP contribution in [0, 0.1) is 6.92 Å². The molecule has 5 heterocycles. The third-order valence-corrected chi connectivity index (χ3v) is 20.9. The minimum absolute atomic E-state index is 0.00997. The van der Waals surface area contributed by atoms with Crippen LogP contribution in [0.1, 0.15) is 154 Å². The molecule has 8 aromatic carbocycles. The van der Waals surface area contributed by atoms with Gasteiger partial charge in [0.05, 0.1) is 22.2 Å². The van der Waals surface area contributed by atoms with Crippen molar-refractivity contribution in [2.24, 2.45) is 0 Å². The van der Waals surface area contributed by atoms with E-state index < -0.39 is 10.8 Å². The van der Waals surface area contributed by atoms with E-state index in [-0.39, 0.29) is 28.4 Å². The lowest BCUT2D eigenvalue weighted by Crippen LogP contribution is -2.61. The van der Waals surface area contributed by atoms with Crippen molar-refractivity contribution in [1.82, 2.24) is 4.98 Å². The fourth-order valence-corrected chi connectivity index (χ4v) is 16.9. The Hall–Kier alpha value is -8.19. The summed E-state index contributed by atoms with van der Waals surface area (Å²) in [5.74, 6) is 0. The largest absolute Gasteiger partial charge is 0.468 e. The maximum atomic E-state index is 7.97. The van der Waals surface area contributed by atoms with Crippen LogP contribution >= 0.6 is 11.3 Å². The van der Waals surface area contributed by atoms with E-state index in [0.717, 1.165) is 33.7 Å². The zero-order chi connectivity index (χ0) is 57.9. The number of fused-ring (bicyclic) bond motifs is 22. The Bertz CT molecular complexity index is 4580. The lowest BCUT2D eigenvalue weighted by molar-refractivity contribution is 0.589. The predicted octanol–water partition coefficient (Wildman–Crippen LogP) is 18.5. The Labute approximate surface area is 500 Å². The summed E-state index contributed by atoms with van der Waals surface area (Å²) in [6.07, 6.45) is 4.12. The van der Waals surface area contributed by atoms with E-state index in [2.05, 4.69) is 282 Å². The van der Waals surface area contributed by atoms with Gasteiger partial charge in [0.25, 0.3) is 6.71 Å². The van der Waals surface area contributed by atoms with Crippen molar-refractivity contribution in [2.75, 3.05) is 9.80 Å². The molecule has 3 aromatic heterocycles. The number of nitrogens with zero attached hydrogens (tertiary/aromatic N) is 3. The second-order valence-corrected chi connectivity index (χ2v) is 30.0. The molecule has 0 N–H and O–H groups in total. The van der Waals surface area contributed by atoms with Crippen molar-refractivity contribution in [1.29, 1.82) is 0 Å². The summed E-state index contributed by atoms with van der Waals surface area (Å²) in [4.78, 5) is 12.8. The van der Waals surface area contributed by atoms with Gasteiger partial charge in [-0.3, -0.25) is 4.98 Å². The zero-order valence-corrected chi connectivity index (χ0v) is 51.4. The summed E-state index contributed by atoms with van der Waals surface area (Å²) >= 11 is 1.94. The van der Waals surface area contributed by atoms with Crippen LogP contribution in [0.5, 0.6) is 0 Å². The molecule has 6 heteroatoms. The number of aromatic nitrogens is 1. The van der Waals surface area contributed by atoms with Crippen LogP contribution in [0.4, 0.5) is 34.1 Å². The number of anilines is 6. The molecule has 3 aliphatic carbocycles. The SMILES string of the molecule is Cc1cc2c(s1)C1(c3cnccc3-2)c2ccccc2C2(c3ccccc3-c3cc4c5c(oc4cc32)B2c3ccc(C(C)(C)C)cc3N(c3ccc(C(C)(C)C)cc3)c3cc(C(C)(C)C)cc(c32)N5c2ccc(C(C)(C)C)cc2)c2ccccc21. The number of hydrogen-bond donors (Lipinski definition) is 0. The topological polar surface area (TPSA) is 32.5 Å². The van der Waals surface area contributed by atoms with Crippen LogP contribution in [0.3, 0.4) is 0 Å². The summed E-state index contributed by atoms with van der Waals surface area (Å²) in [6, 6.07) is 68.8. The molecule has 2 spiro atoms. The molecule has 0 bridgehead atoms. The third kappa shape index (κ3) is 6.75. The molecule has 5 aliphatic rings. The molecule has 0 unspecified atom stereocenters. The van der Waals surface area contributed by atoms with Crippen molar-refractivity contribution in [3.8, 4) is 22.3 Å². The molecule has 84 heavy (non-hydrogen) atoms. The summed E-state index contributed by atoms with van der Waals surface area (Å²) < 4.78 is 7.97. The van der Waals surface area contributed by atoms with Crippen molar-refractivity contribution < 1.29 is 4.42 Å². The molecule has 2 aliphatic heterocycles. The average molecular weight is 1110 g/mol. The van der Waals surface area contributed by atoms with Crippen molar-refractivity contribution in [3.05, 3.63) is 259 Å². The van der Waals surface area contributed by atoms with E-state index in [4.69, 9.17) is 9.40 Å². The molecule has 0 atom stereocenters. The number of pyridine rings is 1. The molecule has 0 radical (unpaired) electrons. The average Bonchev–Trinajstić information content (AvgIpc) is 1.42. The molecule has 0 saturated carbocycles. The Balaban J connectivity index is 1.01. The molecule has 4 nitrogen and oxygen atoms in total. The fraction of sp³-hybridized carbons (Fsp3) is 0.244. The normalized spacial score (nSPS) is 17.8. The maximum absolute atomic E-state index is 7.97. The van der Waals surface area contributed by atoms with Gasteiger partial charge in [-0.25, -0.2) is 0 Å². The van der Waals surface area contributed by atoms with Crippen LogP contribution in [0.15, 0.2) is 193 Å². The van der Waals surface area contributed by atoms with Gasteiger partial charge in [-0.1, -0.05) is 192 Å². The quantitative estimate of drug-likeness (QED) is 0.162. The Morgan fingerprint density at radius 1 is 0.440 bits per heavy atom. The van der Waals surface area contributed by atoms with Gasteiger partial charge >= 0.3 is 0 Å². The fourth-order valence-electron chi connectivity index (χ4n) is 15.6. The lowest BCUT2D eigenvalue weighted by atomic mass is 9.35. The van der Waals surface area contributed by atoms with Gasteiger partial charge in [0.2, 0.25) is 0 Å². The lowest BCUT2D eigenvalue weighted by Gasteiger charge is -2.48. The van der Waals surface area contributed by atoms with Gasteiger partial charge in [-0.15, -0.1) is 11.3 Å². The maximum Gasteiger partial charge on any atom is 0.297 e. The van der Waals surface area contributed by atoms with E-state index in [1.165, 1.54) is 121 Å². The Morgan fingerprint density at radius 2 is 0.952 bits per heavy atom. The minimum atomic E-state index is -0.673. The van der Waals surface area contributed by atoms with Gasteiger partial charge in [0, 0.05) is 56.0 Å². The second kappa shape index (κ2) is 17.0. The molecular formula is C78H70BN3OS. The smallest absolute Gasteiger partial charge is 0.297 e. The summed E-state index contributed by atoms with van der Waals surface area (Å²) in [6.45, 7) is 30.0. The van der Waals surface area contributed by atoms with Crippen molar-refractivity contribution in [3.63, 3.8) is 0 Å². The van der Waals surface area contributed by atoms with Crippen LogP contribution in [0.2, 0.25) is 0 Å². The van der Waals surface area contributed by atoms with E-state index >= 15 is 0 Å². The number of thiophene rings is 1. The third-order valence-electron chi connectivity index (χ3n) is 19.7. The number of furan rings is 1. The number of rotatable bonds is 2. The highest BCUT2D eigenvalue weighted by molar-refractivity contribution is 7.12. The molecule has 412 valence electrons. The van der Waals surface area contributed by atoms with E-state index in [1.807, 2.05) is 17.5 Å². The van der Waals surface area contributed by atoms with Crippen LogP contribution < -0.4 is 26.4 Å². The standard InChI is InChI=1S/C78H70BN3OS/c1-45-38-55-53-36-37-80-44-63(53)78(71(55)84-45)60-24-18-16-22-58(60)77(59-23-17-19-25-61(59)78)57-21-15-14-20-52(57)54-42-56-68(43-62(54)77)83-72-70(56)82(51-33-28-47(29-34-51)74(5,6)7)67-41-49(76(11,12)13)40-66-69(67)79(72)64-35-30-48(75(8,9)10)39-65(64)81(66)50-31-26-46(27-32-50)73(2,3)4/h14-44H,1-13H3. The minimum Gasteiger partial charge on any atom is -0.468 e. The Morgan fingerprint density at radius 3 is 1.55 bits per heavy atom. The molecule has 16 rings (SSSR count). The van der Waals surface area contributed by atoms with Gasteiger partial charge in [0.1, 0.15) is 5.58 Å². The highest BCUT2D eigenvalue weighted by Crippen LogP contribution is 2.69. The van der Waals surface area contributed by atoms with Crippen LogP contribution in [-0.4, -0.2) is 11.7 Å². The van der Waals surface area contributed by atoms with Gasteiger partial charge in [0.15, 0.2) is 0 Å². The molecule has 0 fully saturated rings. The first-order chi connectivity index (χ1) is 40.1. The zero-order valence-electron chi connectivity index (χ0n) is 50.6. The number of hydrogen-bond acceptors (Lipinski definition) is 5. The number of aryl methyl sites for hydroxylation is 1. The summed E-state index contributed by atoms with van der Waals surface area (Å²) in [5, 5.41) is 1.11. The van der Waals surface area contributed by atoms with Gasteiger partial charge < -0.3 is 14.2 Å². The first-order valence-corrected chi connectivity index (χ1v) is 31.0. The number of benzene rings is 8. The van der Waals surface area contributed by atoms with Crippen molar-refractivity contribution in [2.45, 2.75) is 122 Å². The molecule has 0 amide bonds. The van der Waals surface area contributed by atoms with Gasteiger partial charge in [-0.2, -0.15) is 0 Å². The van der Waals surface area contributed by atoms with Crippen LogP contribution in [0.25, 0.3) is 33.2 Å². The van der Waals surface area contributed by atoms with Gasteiger partial charge in [-0.05, 0) is 190 Å². The van der Waals surface area contributed by atoms with Crippen LogP contribution in [-0.2, 0) is 32.5 Å². The highest BCUT2D eigenvalue weighted by Gasteiger charge is 2.60. The molecule has 0 saturated heterocycles. The Kier molecular flexibility index (Phi) is 10.4. The monoisotopic (exact) mass is 1110 g/mol. The van der Waals surface area contributed by atoms with E-state index in [1.54, 1.807) is 0 Å². The first kappa shape index (κ1) is 51.5.